The Balaban J connectivity index is 2.09. The summed E-state index contributed by atoms with van der Waals surface area (Å²) in [5.41, 5.74) is 0.865. The van der Waals surface area contributed by atoms with Crippen molar-refractivity contribution in [3.63, 3.8) is 0 Å². The molecule has 3 atom stereocenters. The molecule has 18 heavy (non-hydrogen) atoms. The summed E-state index contributed by atoms with van der Waals surface area (Å²) in [6, 6.07) is 10.3. The van der Waals surface area contributed by atoms with Crippen LogP contribution in [-0.4, -0.2) is 11.6 Å². The van der Waals surface area contributed by atoms with Gasteiger partial charge in [0.25, 0.3) is 0 Å². The molecular formula is C16H22O2. The van der Waals surface area contributed by atoms with Crippen molar-refractivity contribution in [2.24, 2.45) is 11.8 Å². The first-order chi connectivity index (χ1) is 8.38. The van der Waals surface area contributed by atoms with E-state index in [0.717, 1.165) is 6.42 Å². The molecule has 0 bridgehead atoms. The first-order valence-corrected chi connectivity index (χ1v) is 6.66. The quantitative estimate of drug-likeness (QED) is 0.742. The van der Waals surface area contributed by atoms with Crippen LogP contribution in [0.3, 0.4) is 0 Å². The molecule has 0 heterocycles. The fourth-order valence-electron chi connectivity index (χ4n) is 2.75. The van der Waals surface area contributed by atoms with Crippen LogP contribution in [-0.2, 0) is 9.53 Å². The third kappa shape index (κ3) is 2.74. The lowest BCUT2D eigenvalue weighted by atomic mass is 9.62. The Labute approximate surface area is 109 Å². The molecule has 1 saturated carbocycles. The molecule has 2 heteroatoms. The summed E-state index contributed by atoms with van der Waals surface area (Å²) in [5, 5.41) is 0. The van der Waals surface area contributed by atoms with Crippen LogP contribution in [0.2, 0.25) is 0 Å². The predicted octanol–water partition coefficient (Wildman–Crippen LogP) is 3.77. The SMILES string of the molecule is C[C@H]1C[C@@H](C(=O)OC(C)(C)C)[C@@H]1c1ccccc1. The molecule has 0 aliphatic heterocycles. The first kappa shape index (κ1) is 13.1. The molecular weight excluding hydrogens is 224 g/mol. The zero-order valence-electron chi connectivity index (χ0n) is 11.6. The van der Waals surface area contributed by atoms with Crippen molar-refractivity contribution < 1.29 is 9.53 Å². The number of carbonyl (C=O) groups excluding carboxylic acids is 1. The Bertz CT molecular complexity index is 416. The molecule has 2 rings (SSSR count). The van der Waals surface area contributed by atoms with Gasteiger partial charge in [-0.2, -0.15) is 0 Å². The van der Waals surface area contributed by atoms with Crippen molar-refractivity contribution >= 4 is 5.97 Å². The Kier molecular flexibility index (Phi) is 3.47. The largest absolute Gasteiger partial charge is 0.460 e. The second kappa shape index (κ2) is 4.75. The summed E-state index contributed by atoms with van der Waals surface area (Å²) >= 11 is 0. The summed E-state index contributed by atoms with van der Waals surface area (Å²) in [4.78, 5) is 12.1. The minimum absolute atomic E-state index is 0.0293. The molecule has 98 valence electrons. The molecule has 0 spiro atoms. The van der Waals surface area contributed by atoms with Gasteiger partial charge in [-0.3, -0.25) is 4.79 Å². The summed E-state index contributed by atoms with van der Waals surface area (Å²) < 4.78 is 5.50. The highest BCUT2D eigenvalue weighted by Gasteiger charge is 2.45. The van der Waals surface area contributed by atoms with Gasteiger partial charge < -0.3 is 4.74 Å². The van der Waals surface area contributed by atoms with Crippen molar-refractivity contribution in [1.29, 1.82) is 0 Å². The maximum atomic E-state index is 12.1. The number of ether oxygens (including phenoxy) is 1. The van der Waals surface area contributed by atoms with Gasteiger partial charge in [0, 0.05) is 0 Å². The highest BCUT2D eigenvalue weighted by Crippen LogP contribution is 2.48. The van der Waals surface area contributed by atoms with Gasteiger partial charge in [0.2, 0.25) is 0 Å². The van der Waals surface area contributed by atoms with E-state index >= 15 is 0 Å². The number of hydrogen-bond acceptors (Lipinski definition) is 2. The van der Waals surface area contributed by atoms with Crippen LogP contribution in [0.25, 0.3) is 0 Å². The zero-order chi connectivity index (χ0) is 13.3. The molecule has 1 fully saturated rings. The standard InChI is InChI=1S/C16H22O2/c1-11-10-13(15(17)18-16(2,3)4)14(11)12-8-6-5-7-9-12/h5-9,11,13-14H,10H2,1-4H3/t11-,13+,14-/m0/s1. The third-order valence-corrected chi connectivity index (χ3v) is 3.57. The molecule has 1 aliphatic carbocycles. The molecule has 1 aromatic carbocycles. The molecule has 0 amide bonds. The normalized spacial score (nSPS) is 27.4. The average molecular weight is 246 g/mol. The molecule has 0 aromatic heterocycles. The molecule has 2 nitrogen and oxygen atoms in total. The van der Waals surface area contributed by atoms with Gasteiger partial charge in [-0.15, -0.1) is 0 Å². The van der Waals surface area contributed by atoms with Crippen LogP contribution in [0.5, 0.6) is 0 Å². The van der Waals surface area contributed by atoms with Gasteiger partial charge in [-0.25, -0.2) is 0 Å². The summed E-state index contributed by atoms with van der Waals surface area (Å²) in [6.07, 6.45) is 0.939. The van der Waals surface area contributed by atoms with E-state index in [1.807, 2.05) is 39.0 Å². The highest BCUT2D eigenvalue weighted by atomic mass is 16.6. The summed E-state index contributed by atoms with van der Waals surface area (Å²) in [5.74, 6) is 0.863. The van der Waals surface area contributed by atoms with Gasteiger partial charge >= 0.3 is 5.97 Å². The van der Waals surface area contributed by atoms with E-state index < -0.39 is 5.60 Å². The lowest BCUT2D eigenvalue weighted by molar-refractivity contribution is -0.166. The number of benzene rings is 1. The lowest BCUT2D eigenvalue weighted by Gasteiger charge is -2.42. The zero-order valence-corrected chi connectivity index (χ0v) is 11.6. The minimum Gasteiger partial charge on any atom is -0.460 e. The van der Waals surface area contributed by atoms with E-state index in [2.05, 4.69) is 19.1 Å². The molecule has 0 radical (unpaired) electrons. The Morgan fingerprint density at radius 2 is 1.83 bits per heavy atom. The van der Waals surface area contributed by atoms with Crippen LogP contribution in [0.15, 0.2) is 30.3 Å². The maximum Gasteiger partial charge on any atom is 0.310 e. The fraction of sp³-hybridized carbons (Fsp3) is 0.562. The van der Waals surface area contributed by atoms with E-state index in [0.29, 0.717) is 11.8 Å². The summed E-state index contributed by atoms with van der Waals surface area (Å²) in [6.45, 7) is 7.97. The Hall–Kier alpha value is -1.31. The molecule has 0 N–H and O–H groups in total. The number of rotatable bonds is 2. The topological polar surface area (TPSA) is 26.3 Å². The molecule has 0 saturated heterocycles. The highest BCUT2D eigenvalue weighted by molar-refractivity contribution is 5.75. The van der Waals surface area contributed by atoms with Crippen molar-refractivity contribution in [1.82, 2.24) is 0 Å². The number of esters is 1. The minimum atomic E-state index is -0.392. The first-order valence-electron chi connectivity index (χ1n) is 6.66. The van der Waals surface area contributed by atoms with Gasteiger partial charge in [-0.1, -0.05) is 37.3 Å². The smallest absolute Gasteiger partial charge is 0.310 e. The van der Waals surface area contributed by atoms with Crippen LogP contribution in [0.4, 0.5) is 0 Å². The van der Waals surface area contributed by atoms with Crippen LogP contribution < -0.4 is 0 Å². The van der Waals surface area contributed by atoms with E-state index in [1.54, 1.807) is 0 Å². The fourth-order valence-corrected chi connectivity index (χ4v) is 2.75. The van der Waals surface area contributed by atoms with Gasteiger partial charge in [0.1, 0.15) is 5.60 Å². The average Bonchev–Trinajstić information content (AvgIpc) is 2.24. The Morgan fingerprint density at radius 3 is 2.33 bits per heavy atom. The van der Waals surface area contributed by atoms with E-state index in [9.17, 15) is 4.79 Å². The van der Waals surface area contributed by atoms with Crippen LogP contribution in [0, 0.1) is 11.8 Å². The number of carbonyl (C=O) groups is 1. The van der Waals surface area contributed by atoms with Gasteiger partial charge in [-0.05, 0) is 44.6 Å². The summed E-state index contributed by atoms with van der Waals surface area (Å²) in [7, 11) is 0. The second-order valence-electron chi connectivity index (χ2n) is 6.29. The predicted molar refractivity (Wildman–Crippen MR) is 72.3 cm³/mol. The van der Waals surface area contributed by atoms with Gasteiger partial charge in [0.15, 0.2) is 0 Å². The molecule has 1 aromatic rings. The van der Waals surface area contributed by atoms with Crippen molar-refractivity contribution in [2.75, 3.05) is 0 Å². The second-order valence-corrected chi connectivity index (χ2v) is 6.29. The lowest BCUT2D eigenvalue weighted by Crippen LogP contribution is -2.41. The van der Waals surface area contributed by atoms with E-state index in [4.69, 9.17) is 4.74 Å². The van der Waals surface area contributed by atoms with Crippen LogP contribution >= 0.6 is 0 Å². The molecule has 1 aliphatic rings. The van der Waals surface area contributed by atoms with Crippen molar-refractivity contribution in [3.8, 4) is 0 Å². The van der Waals surface area contributed by atoms with Crippen molar-refractivity contribution in [3.05, 3.63) is 35.9 Å². The molecule has 0 unspecified atom stereocenters. The van der Waals surface area contributed by atoms with E-state index in [1.165, 1.54) is 5.56 Å². The van der Waals surface area contributed by atoms with E-state index in [-0.39, 0.29) is 11.9 Å². The number of hydrogen-bond donors (Lipinski definition) is 0. The van der Waals surface area contributed by atoms with Crippen LogP contribution in [0.1, 0.15) is 45.6 Å². The van der Waals surface area contributed by atoms with Crippen molar-refractivity contribution in [2.45, 2.75) is 45.6 Å². The third-order valence-electron chi connectivity index (χ3n) is 3.57. The Morgan fingerprint density at radius 1 is 1.22 bits per heavy atom. The monoisotopic (exact) mass is 246 g/mol. The van der Waals surface area contributed by atoms with Gasteiger partial charge in [0.05, 0.1) is 5.92 Å². The maximum absolute atomic E-state index is 12.1.